The van der Waals surface area contributed by atoms with Crippen LogP contribution in [0.5, 0.6) is 0 Å². The van der Waals surface area contributed by atoms with E-state index in [0.717, 1.165) is 32.1 Å². The minimum absolute atomic E-state index is 0.00538. The summed E-state index contributed by atoms with van der Waals surface area (Å²) in [5.41, 5.74) is 1.28. The summed E-state index contributed by atoms with van der Waals surface area (Å²) in [6, 6.07) is 7.28. The molecule has 0 aliphatic rings. The lowest BCUT2D eigenvalue weighted by Crippen LogP contribution is -2.14. The Bertz CT molecular complexity index is 440. The molecule has 0 fully saturated rings. The third kappa shape index (κ3) is 5.55. The minimum Gasteiger partial charge on any atom is -0.325 e. The van der Waals surface area contributed by atoms with Crippen LogP contribution < -0.4 is 5.32 Å². The van der Waals surface area contributed by atoms with Crippen LogP contribution in [0.1, 0.15) is 69.2 Å². The fourth-order valence-electron chi connectivity index (χ4n) is 2.06. The van der Waals surface area contributed by atoms with Crippen molar-refractivity contribution in [3.8, 4) is 0 Å². The Labute approximate surface area is 121 Å². The summed E-state index contributed by atoms with van der Waals surface area (Å²) < 4.78 is 0. The molecule has 0 heterocycles. The lowest BCUT2D eigenvalue weighted by Gasteiger charge is -2.10. The van der Waals surface area contributed by atoms with Gasteiger partial charge in [-0.25, -0.2) is 0 Å². The molecule has 1 N–H and O–H groups in total. The van der Waals surface area contributed by atoms with Crippen molar-refractivity contribution in [1.82, 2.24) is 0 Å². The van der Waals surface area contributed by atoms with Crippen LogP contribution in [0.4, 0.5) is 5.69 Å². The second-order valence-electron chi connectivity index (χ2n) is 5.08. The standard InChI is InChI=1S/C17H25NO2/c1-3-5-7-13-17(20)18-15-11-9-8-10-14(15)16(19)12-6-4-2/h8-11H,3-7,12-13H2,1-2H3,(H,18,20). The molecule has 3 heteroatoms. The zero-order chi connectivity index (χ0) is 14.8. The molecule has 0 aliphatic carbocycles. The normalized spacial score (nSPS) is 10.3. The monoisotopic (exact) mass is 275 g/mol. The zero-order valence-corrected chi connectivity index (χ0v) is 12.6. The van der Waals surface area contributed by atoms with Gasteiger partial charge in [-0.15, -0.1) is 0 Å². The maximum atomic E-state index is 12.1. The molecule has 1 aromatic rings. The highest BCUT2D eigenvalue weighted by molar-refractivity contribution is 6.04. The van der Waals surface area contributed by atoms with Crippen LogP contribution in [0.2, 0.25) is 0 Å². The number of rotatable bonds is 9. The number of unbranched alkanes of at least 4 members (excludes halogenated alkanes) is 3. The van der Waals surface area contributed by atoms with E-state index >= 15 is 0 Å². The Morgan fingerprint density at radius 2 is 1.65 bits per heavy atom. The van der Waals surface area contributed by atoms with Crippen LogP contribution in [0.3, 0.4) is 0 Å². The molecule has 1 rings (SSSR count). The lowest BCUT2D eigenvalue weighted by molar-refractivity contribution is -0.116. The molecule has 0 spiro atoms. The van der Waals surface area contributed by atoms with E-state index in [1.54, 1.807) is 12.1 Å². The Kier molecular flexibility index (Phi) is 7.63. The van der Waals surface area contributed by atoms with Crippen molar-refractivity contribution in [1.29, 1.82) is 0 Å². The van der Waals surface area contributed by atoms with Crippen LogP contribution in [0.15, 0.2) is 24.3 Å². The molecule has 0 aromatic heterocycles. The van der Waals surface area contributed by atoms with Crippen molar-refractivity contribution in [2.75, 3.05) is 5.32 Å². The van der Waals surface area contributed by atoms with Gasteiger partial charge < -0.3 is 5.32 Å². The van der Waals surface area contributed by atoms with Crippen LogP contribution in [0, 0.1) is 0 Å². The van der Waals surface area contributed by atoms with Gasteiger partial charge in [0.2, 0.25) is 5.91 Å². The van der Waals surface area contributed by atoms with Crippen LogP contribution in [-0.4, -0.2) is 11.7 Å². The van der Waals surface area contributed by atoms with E-state index in [4.69, 9.17) is 0 Å². The van der Waals surface area contributed by atoms with Gasteiger partial charge >= 0.3 is 0 Å². The molecule has 0 saturated heterocycles. The number of anilines is 1. The second kappa shape index (κ2) is 9.29. The van der Waals surface area contributed by atoms with Gasteiger partial charge in [-0.1, -0.05) is 45.2 Å². The van der Waals surface area contributed by atoms with E-state index < -0.39 is 0 Å². The number of hydrogen-bond donors (Lipinski definition) is 1. The largest absolute Gasteiger partial charge is 0.325 e. The molecule has 3 nitrogen and oxygen atoms in total. The summed E-state index contributed by atoms with van der Waals surface area (Å²) in [5.74, 6) is 0.102. The van der Waals surface area contributed by atoms with E-state index in [2.05, 4.69) is 19.2 Å². The molecule has 20 heavy (non-hydrogen) atoms. The first-order valence-corrected chi connectivity index (χ1v) is 7.61. The molecule has 0 radical (unpaired) electrons. The number of carbonyl (C=O) groups excluding carboxylic acids is 2. The second-order valence-corrected chi connectivity index (χ2v) is 5.08. The third-order valence-electron chi connectivity index (χ3n) is 3.27. The topological polar surface area (TPSA) is 46.2 Å². The van der Waals surface area contributed by atoms with Gasteiger partial charge in [0.25, 0.3) is 0 Å². The van der Waals surface area contributed by atoms with Crippen molar-refractivity contribution >= 4 is 17.4 Å². The maximum Gasteiger partial charge on any atom is 0.224 e. The van der Waals surface area contributed by atoms with E-state index in [1.807, 2.05) is 12.1 Å². The predicted octanol–water partition coefficient (Wildman–Crippen LogP) is 4.58. The van der Waals surface area contributed by atoms with Gasteiger partial charge in [0, 0.05) is 18.4 Å². The average Bonchev–Trinajstić information content (AvgIpc) is 2.45. The number of ketones is 1. The summed E-state index contributed by atoms with van der Waals surface area (Å²) in [6.07, 6.45) is 6.00. The van der Waals surface area contributed by atoms with Crippen molar-refractivity contribution in [2.45, 2.75) is 58.8 Å². The fraction of sp³-hybridized carbons (Fsp3) is 0.529. The summed E-state index contributed by atoms with van der Waals surface area (Å²) >= 11 is 0. The van der Waals surface area contributed by atoms with E-state index in [0.29, 0.717) is 24.1 Å². The number of hydrogen-bond acceptors (Lipinski definition) is 2. The number of Topliss-reactive ketones (excluding diaryl/α,β-unsaturated/α-hetero) is 1. The molecule has 0 saturated carbocycles. The Morgan fingerprint density at radius 3 is 2.35 bits per heavy atom. The average molecular weight is 275 g/mol. The molecule has 0 bridgehead atoms. The molecule has 1 amide bonds. The molecule has 0 atom stereocenters. The summed E-state index contributed by atoms with van der Waals surface area (Å²) in [4.78, 5) is 24.0. The summed E-state index contributed by atoms with van der Waals surface area (Å²) in [6.45, 7) is 4.17. The van der Waals surface area contributed by atoms with Gasteiger partial charge in [-0.2, -0.15) is 0 Å². The van der Waals surface area contributed by atoms with Gasteiger partial charge in [0.1, 0.15) is 0 Å². The lowest BCUT2D eigenvalue weighted by atomic mass is 10.0. The zero-order valence-electron chi connectivity index (χ0n) is 12.6. The first-order chi connectivity index (χ1) is 9.69. The number of nitrogens with one attached hydrogen (secondary N) is 1. The smallest absolute Gasteiger partial charge is 0.224 e. The van der Waals surface area contributed by atoms with E-state index in [9.17, 15) is 9.59 Å². The maximum absolute atomic E-state index is 12.1. The molecule has 0 aliphatic heterocycles. The molecule has 0 unspecified atom stereocenters. The summed E-state index contributed by atoms with van der Waals surface area (Å²) in [5, 5.41) is 2.87. The highest BCUT2D eigenvalue weighted by Crippen LogP contribution is 2.18. The molecule has 110 valence electrons. The van der Waals surface area contributed by atoms with E-state index in [-0.39, 0.29) is 11.7 Å². The molecular formula is C17H25NO2. The van der Waals surface area contributed by atoms with Gasteiger partial charge in [0.05, 0.1) is 5.69 Å². The van der Waals surface area contributed by atoms with Crippen LogP contribution >= 0.6 is 0 Å². The Hall–Kier alpha value is -1.64. The first kappa shape index (κ1) is 16.4. The highest BCUT2D eigenvalue weighted by Gasteiger charge is 2.12. The van der Waals surface area contributed by atoms with Crippen molar-refractivity contribution < 1.29 is 9.59 Å². The molecule has 1 aromatic carbocycles. The van der Waals surface area contributed by atoms with Crippen molar-refractivity contribution in [2.24, 2.45) is 0 Å². The quantitative estimate of drug-likeness (QED) is 0.529. The summed E-state index contributed by atoms with van der Waals surface area (Å²) in [7, 11) is 0. The van der Waals surface area contributed by atoms with Crippen molar-refractivity contribution in [3.05, 3.63) is 29.8 Å². The molecular weight excluding hydrogens is 250 g/mol. The minimum atomic E-state index is -0.00538. The third-order valence-corrected chi connectivity index (χ3v) is 3.27. The highest BCUT2D eigenvalue weighted by atomic mass is 16.1. The SMILES string of the molecule is CCCCCC(=O)Nc1ccccc1C(=O)CCCC. The van der Waals surface area contributed by atoms with Gasteiger partial charge in [0.15, 0.2) is 5.78 Å². The number of carbonyl (C=O) groups is 2. The Balaban J connectivity index is 2.65. The Morgan fingerprint density at radius 1 is 0.950 bits per heavy atom. The number of benzene rings is 1. The number of para-hydroxylation sites is 1. The predicted molar refractivity (Wildman–Crippen MR) is 83.1 cm³/mol. The van der Waals surface area contributed by atoms with E-state index in [1.165, 1.54) is 0 Å². The fourth-order valence-corrected chi connectivity index (χ4v) is 2.06. The van der Waals surface area contributed by atoms with Crippen molar-refractivity contribution in [3.63, 3.8) is 0 Å². The first-order valence-electron chi connectivity index (χ1n) is 7.61. The van der Waals surface area contributed by atoms with Gasteiger partial charge in [-0.05, 0) is 25.0 Å². The number of amides is 1. The van der Waals surface area contributed by atoms with Gasteiger partial charge in [-0.3, -0.25) is 9.59 Å². The van der Waals surface area contributed by atoms with Crippen LogP contribution in [0.25, 0.3) is 0 Å². The van der Waals surface area contributed by atoms with Crippen LogP contribution in [-0.2, 0) is 4.79 Å².